The average molecular weight is 219 g/mol. The van der Waals surface area contributed by atoms with Crippen molar-refractivity contribution in [2.45, 2.75) is 12.8 Å². The number of aromatic nitrogens is 1. The third-order valence-electron chi connectivity index (χ3n) is 1.82. The maximum Gasteiger partial charge on any atom is 0.356 e. The second kappa shape index (κ2) is 6.59. The van der Waals surface area contributed by atoms with Gasteiger partial charge in [-0.2, -0.15) is 0 Å². The molecule has 16 heavy (non-hydrogen) atoms. The van der Waals surface area contributed by atoms with Crippen LogP contribution >= 0.6 is 0 Å². The quantitative estimate of drug-likeness (QED) is 0.468. The monoisotopic (exact) mass is 219 g/mol. The number of esters is 1. The predicted molar refractivity (Wildman–Crippen MR) is 58.8 cm³/mol. The molecule has 0 aliphatic carbocycles. The van der Waals surface area contributed by atoms with Crippen LogP contribution in [0.3, 0.4) is 0 Å². The van der Waals surface area contributed by atoms with Gasteiger partial charge in [0.05, 0.1) is 7.11 Å². The third kappa shape index (κ3) is 3.71. The first-order valence-electron chi connectivity index (χ1n) is 4.93. The Morgan fingerprint density at radius 3 is 3.06 bits per heavy atom. The van der Waals surface area contributed by atoms with E-state index in [0.717, 1.165) is 0 Å². The largest absolute Gasteiger partial charge is 0.464 e. The molecule has 0 aromatic carbocycles. The molecule has 1 N–H and O–H groups in total. The zero-order valence-electron chi connectivity index (χ0n) is 9.06. The first-order chi connectivity index (χ1) is 7.77. The summed E-state index contributed by atoms with van der Waals surface area (Å²) in [5.74, 6) is 5.21. The van der Waals surface area contributed by atoms with Crippen LogP contribution in [0.4, 0.5) is 0 Å². The minimum Gasteiger partial charge on any atom is -0.464 e. The van der Waals surface area contributed by atoms with Gasteiger partial charge in [-0.25, -0.2) is 9.78 Å². The van der Waals surface area contributed by atoms with Crippen LogP contribution in [0, 0.1) is 11.8 Å². The smallest absolute Gasteiger partial charge is 0.356 e. The van der Waals surface area contributed by atoms with Crippen LogP contribution in [0.1, 0.15) is 29.0 Å². The molecule has 1 heterocycles. The van der Waals surface area contributed by atoms with Crippen molar-refractivity contribution < 1.29 is 14.6 Å². The van der Waals surface area contributed by atoms with Crippen molar-refractivity contribution in [3.05, 3.63) is 29.6 Å². The van der Waals surface area contributed by atoms with Gasteiger partial charge in [0, 0.05) is 13.0 Å². The molecule has 0 aliphatic rings. The van der Waals surface area contributed by atoms with Gasteiger partial charge >= 0.3 is 5.97 Å². The van der Waals surface area contributed by atoms with Gasteiger partial charge in [0.15, 0.2) is 0 Å². The molecule has 1 aromatic heterocycles. The second-order valence-corrected chi connectivity index (χ2v) is 3.03. The fraction of sp³-hybridized carbons (Fsp3) is 0.333. The lowest BCUT2D eigenvalue weighted by molar-refractivity contribution is 0.0594. The fourth-order valence-electron chi connectivity index (χ4n) is 1.04. The molecule has 0 aliphatic heterocycles. The highest BCUT2D eigenvalue weighted by Crippen LogP contribution is 2.00. The number of hydrogen-bond acceptors (Lipinski definition) is 4. The van der Waals surface area contributed by atoms with E-state index in [1.165, 1.54) is 7.11 Å². The summed E-state index contributed by atoms with van der Waals surface area (Å²) in [5, 5.41) is 8.57. The molecule has 1 rings (SSSR count). The van der Waals surface area contributed by atoms with Gasteiger partial charge in [0.1, 0.15) is 11.4 Å². The van der Waals surface area contributed by atoms with Crippen LogP contribution in [0.2, 0.25) is 0 Å². The summed E-state index contributed by atoms with van der Waals surface area (Å²) in [6.45, 7) is 0.129. The summed E-state index contributed by atoms with van der Waals surface area (Å²) in [6.07, 6.45) is 1.25. The number of methoxy groups -OCH3 is 1. The number of pyridine rings is 1. The zero-order chi connectivity index (χ0) is 11.8. The molecule has 1 aromatic rings. The molecule has 0 atom stereocenters. The van der Waals surface area contributed by atoms with E-state index in [9.17, 15) is 4.79 Å². The number of rotatable bonds is 3. The van der Waals surface area contributed by atoms with E-state index >= 15 is 0 Å². The molecule has 4 nitrogen and oxygen atoms in total. The molecule has 0 amide bonds. The highest BCUT2D eigenvalue weighted by Gasteiger charge is 2.05. The summed E-state index contributed by atoms with van der Waals surface area (Å²) < 4.78 is 4.55. The number of carbonyl (C=O) groups is 1. The van der Waals surface area contributed by atoms with Crippen molar-refractivity contribution >= 4 is 5.97 Å². The second-order valence-electron chi connectivity index (χ2n) is 3.03. The molecule has 84 valence electrons. The lowest BCUT2D eigenvalue weighted by atomic mass is 10.2. The standard InChI is InChI=1S/C12H13NO3/c1-16-12(15)11-8-5-7-10(13-11)6-3-2-4-9-14/h5,7-8,14H,2,4,9H2,1H3. The molecular formula is C12H13NO3. The number of aliphatic hydroxyl groups is 1. The number of ether oxygens (including phenoxy) is 1. The maximum absolute atomic E-state index is 11.2. The Morgan fingerprint density at radius 1 is 1.56 bits per heavy atom. The van der Waals surface area contributed by atoms with Crippen LogP contribution in [0.15, 0.2) is 18.2 Å². The third-order valence-corrected chi connectivity index (χ3v) is 1.82. The minimum absolute atomic E-state index is 0.129. The van der Waals surface area contributed by atoms with Gasteiger partial charge in [-0.1, -0.05) is 12.0 Å². The van der Waals surface area contributed by atoms with Crippen LogP contribution in [0.5, 0.6) is 0 Å². The number of nitrogens with zero attached hydrogens (tertiary/aromatic N) is 1. The zero-order valence-corrected chi connectivity index (χ0v) is 9.06. The molecule has 0 unspecified atom stereocenters. The van der Waals surface area contributed by atoms with Gasteiger partial charge < -0.3 is 9.84 Å². The van der Waals surface area contributed by atoms with E-state index in [-0.39, 0.29) is 12.3 Å². The number of aliphatic hydroxyl groups excluding tert-OH is 1. The molecular weight excluding hydrogens is 206 g/mol. The Bertz CT molecular complexity index is 418. The number of unbranched alkanes of at least 4 members (excludes halogenated alkanes) is 1. The first-order valence-corrected chi connectivity index (χ1v) is 4.93. The van der Waals surface area contributed by atoms with Crippen molar-refractivity contribution in [2.75, 3.05) is 13.7 Å². The molecule has 0 saturated carbocycles. The molecule has 0 spiro atoms. The van der Waals surface area contributed by atoms with Crippen molar-refractivity contribution in [3.8, 4) is 11.8 Å². The predicted octanol–water partition coefficient (Wildman–Crippen LogP) is 0.992. The summed E-state index contributed by atoms with van der Waals surface area (Å²) in [4.78, 5) is 15.2. The van der Waals surface area contributed by atoms with Gasteiger partial charge in [-0.15, -0.1) is 0 Å². The Balaban J connectivity index is 2.73. The molecule has 4 heteroatoms. The lowest BCUT2D eigenvalue weighted by Crippen LogP contribution is -2.04. The Hall–Kier alpha value is -1.86. The van der Waals surface area contributed by atoms with Gasteiger partial charge in [0.25, 0.3) is 0 Å². The molecule has 0 radical (unpaired) electrons. The average Bonchev–Trinajstić information content (AvgIpc) is 2.34. The van der Waals surface area contributed by atoms with Gasteiger partial charge in [-0.3, -0.25) is 0 Å². The molecule has 0 fully saturated rings. The Labute approximate surface area is 94.3 Å². The van der Waals surface area contributed by atoms with E-state index in [1.54, 1.807) is 18.2 Å². The van der Waals surface area contributed by atoms with Crippen LogP contribution in [0.25, 0.3) is 0 Å². The van der Waals surface area contributed by atoms with E-state index in [1.807, 2.05) is 0 Å². The first kappa shape index (κ1) is 12.2. The normalized spacial score (nSPS) is 9.12. The van der Waals surface area contributed by atoms with Crippen molar-refractivity contribution in [2.24, 2.45) is 0 Å². The van der Waals surface area contributed by atoms with Crippen LogP contribution in [-0.2, 0) is 4.74 Å². The van der Waals surface area contributed by atoms with Crippen molar-refractivity contribution in [3.63, 3.8) is 0 Å². The van der Waals surface area contributed by atoms with Crippen molar-refractivity contribution in [1.29, 1.82) is 0 Å². The summed E-state index contributed by atoms with van der Waals surface area (Å²) in [7, 11) is 1.31. The summed E-state index contributed by atoms with van der Waals surface area (Å²) in [6, 6.07) is 5.00. The van der Waals surface area contributed by atoms with E-state index in [0.29, 0.717) is 18.5 Å². The summed E-state index contributed by atoms with van der Waals surface area (Å²) >= 11 is 0. The fourth-order valence-corrected chi connectivity index (χ4v) is 1.04. The lowest BCUT2D eigenvalue weighted by Gasteiger charge is -1.97. The summed E-state index contributed by atoms with van der Waals surface area (Å²) in [5.41, 5.74) is 0.775. The van der Waals surface area contributed by atoms with E-state index < -0.39 is 5.97 Å². The van der Waals surface area contributed by atoms with Gasteiger partial charge in [0.2, 0.25) is 0 Å². The highest BCUT2D eigenvalue weighted by atomic mass is 16.5. The number of carbonyl (C=O) groups excluding carboxylic acids is 1. The SMILES string of the molecule is COC(=O)c1cccc(C#CCCCO)n1. The highest BCUT2D eigenvalue weighted by molar-refractivity contribution is 5.87. The van der Waals surface area contributed by atoms with Crippen molar-refractivity contribution in [1.82, 2.24) is 4.98 Å². The minimum atomic E-state index is -0.473. The van der Waals surface area contributed by atoms with Gasteiger partial charge in [-0.05, 0) is 24.5 Å². The Kier molecular flexibility index (Phi) is 5.03. The number of hydrogen-bond donors (Lipinski definition) is 1. The van der Waals surface area contributed by atoms with E-state index in [2.05, 4.69) is 21.6 Å². The maximum atomic E-state index is 11.2. The van der Waals surface area contributed by atoms with Crippen LogP contribution < -0.4 is 0 Å². The molecule has 0 saturated heterocycles. The topological polar surface area (TPSA) is 59.4 Å². The Morgan fingerprint density at radius 2 is 2.38 bits per heavy atom. The van der Waals surface area contributed by atoms with Crippen LogP contribution in [-0.4, -0.2) is 29.8 Å². The molecule has 0 bridgehead atoms. The van der Waals surface area contributed by atoms with E-state index in [4.69, 9.17) is 5.11 Å².